The van der Waals surface area contributed by atoms with Crippen LogP contribution in [-0.2, 0) is 10.0 Å². The monoisotopic (exact) mass is 269 g/mol. The van der Waals surface area contributed by atoms with E-state index in [0.29, 0.717) is 17.3 Å². The largest absolute Gasteiger partial charge is 0.440 e. The fraction of sp³-hybridized carbons (Fsp3) is 0.444. The van der Waals surface area contributed by atoms with Crippen LogP contribution in [0.5, 0.6) is 0 Å². The van der Waals surface area contributed by atoms with Crippen molar-refractivity contribution in [2.24, 2.45) is 5.14 Å². The van der Waals surface area contributed by atoms with Gasteiger partial charge < -0.3 is 4.42 Å². The minimum Gasteiger partial charge on any atom is -0.440 e. The predicted octanol–water partition coefficient (Wildman–Crippen LogP) is 0.224. The van der Waals surface area contributed by atoms with Crippen LogP contribution >= 0.6 is 0 Å². The van der Waals surface area contributed by atoms with Gasteiger partial charge in [-0.25, -0.2) is 18.5 Å². The molecule has 0 radical (unpaired) electrons. The Bertz CT molecular complexity index is 698. The molecule has 0 spiro atoms. The Morgan fingerprint density at radius 1 is 1.44 bits per heavy atom. The van der Waals surface area contributed by atoms with Gasteiger partial charge in [-0.2, -0.15) is 0 Å². The average Bonchev–Trinajstić information content (AvgIpc) is 2.86. The minimum atomic E-state index is -3.89. The Balaban J connectivity index is 2.23. The average molecular weight is 269 g/mol. The van der Waals surface area contributed by atoms with E-state index in [1.54, 1.807) is 6.92 Å². The molecule has 0 aliphatic heterocycles. The SMILES string of the molecule is Cc1ncoc1-c1nnc(S(N)(=O)=O)n1C1CC1. The molecule has 0 saturated heterocycles. The maximum atomic E-state index is 11.5. The van der Waals surface area contributed by atoms with E-state index in [0.717, 1.165) is 12.8 Å². The van der Waals surface area contributed by atoms with Gasteiger partial charge in [0.1, 0.15) is 0 Å². The Hall–Kier alpha value is -1.74. The predicted molar refractivity (Wildman–Crippen MR) is 59.9 cm³/mol. The van der Waals surface area contributed by atoms with E-state index in [9.17, 15) is 8.42 Å². The van der Waals surface area contributed by atoms with Crippen molar-refractivity contribution in [3.63, 3.8) is 0 Å². The standard InChI is InChI=1S/C9H11N5O3S/c1-5-7(17-4-11-5)8-12-13-9(18(10,15)16)14(8)6-2-3-6/h4,6H,2-3H2,1H3,(H2,10,15,16). The van der Waals surface area contributed by atoms with Crippen LogP contribution in [0.1, 0.15) is 24.6 Å². The Labute approximate surface area is 103 Å². The molecule has 2 N–H and O–H groups in total. The number of oxazole rings is 1. The zero-order chi connectivity index (χ0) is 12.9. The van der Waals surface area contributed by atoms with E-state index >= 15 is 0 Å². The highest BCUT2D eigenvalue weighted by Gasteiger charge is 2.34. The molecule has 0 amide bonds. The quantitative estimate of drug-likeness (QED) is 0.852. The van der Waals surface area contributed by atoms with Crippen LogP contribution in [0, 0.1) is 6.92 Å². The number of primary sulfonamides is 1. The van der Waals surface area contributed by atoms with E-state index in [1.807, 2.05) is 0 Å². The molecule has 1 saturated carbocycles. The lowest BCUT2D eigenvalue weighted by Gasteiger charge is -2.05. The molecular formula is C9H11N5O3S. The molecule has 0 unspecified atom stereocenters. The van der Waals surface area contributed by atoms with Crippen LogP contribution in [0.4, 0.5) is 0 Å². The first-order chi connectivity index (χ1) is 8.48. The topological polar surface area (TPSA) is 117 Å². The second-order valence-electron chi connectivity index (χ2n) is 4.22. The molecule has 2 heterocycles. The van der Waals surface area contributed by atoms with Crippen molar-refractivity contribution in [2.75, 3.05) is 0 Å². The Morgan fingerprint density at radius 2 is 2.17 bits per heavy atom. The minimum absolute atomic E-state index is 0.0628. The number of sulfonamides is 1. The van der Waals surface area contributed by atoms with E-state index in [1.165, 1.54) is 11.0 Å². The maximum Gasteiger partial charge on any atom is 0.273 e. The van der Waals surface area contributed by atoms with Gasteiger partial charge in [-0.1, -0.05) is 0 Å². The van der Waals surface area contributed by atoms with Gasteiger partial charge in [-0.05, 0) is 19.8 Å². The molecule has 3 rings (SSSR count). The van der Waals surface area contributed by atoms with E-state index in [-0.39, 0.29) is 11.2 Å². The second kappa shape index (κ2) is 3.62. The van der Waals surface area contributed by atoms with E-state index < -0.39 is 10.0 Å². The Kier molecular flexibility index (Phi) is 2.29. The third kappa shape index (κ3) is 1.71. The zero-order valence-corrected chi connectivity index (χ0v) is 10.4. The summed E-state index contributed by atoms with van der Waals surface area (Å²) < 4.78 is 29.7. The number of aryl methyl sites for hydroxylation is 1. The van der Waals surface area contributed by atoms with Crippen molar-refractivity contribution < 1.29 is 12.8 Å². The molecule has 0 bridgehead atoms. The lowest BCUT2D eigenvalue weighted by Crippen LogP contribution is -2.18. The van der Waals surface area contributed by atoms with E-state index in [4.69, 9.17) is 9.56 Å². The van der Waals surface area contributed by atoms with Crippen LogP contribution in [-0.4, -0.2) is 28.2 Å². The van der Waals surface area contributed by atoms with Gasteiger partial charge >= 0.3 is 0 Å². The molecule has 2 aromatic rings. The first-order valence-electron chi connectivity index (χ1n) is 5.36. The lowest BCUT2D eigenvalue weighted by atomic mass is 10.3. The molecule has 0 atom stereocenters. The summed E-state index contributed by atoms with van der Waals surface area (Å²) in [5.41, 5.74) is 0.630. The number of hydrogen-bond donors (Lipinski definition) is 1. The van der Waals surface area contributed by atoms with Crippen LogP contribution in [0.3, 0.4) is 0 Å². The summed E-state index contributed by atoms with van der Waals surface area (Å²) in [6, 6.07) is 0.0628. The first kappa shape index (κ1) is 11.4. The molecule has 9 heteroatoms. The van der Waals surface area contributed by atoms with Crippen LogP contribution in [0.15, 0.2) is 16.0 Å². The van der Waals surface area contributed by atoms with Crippen molar-refractivity contribution in [3.05, 3.63) is 12.1 Å². The van der Waals surface area contributed by atoms with Gasteiger partial charge in [0.05, 0.1) is 5.69 Å². The van der Waals surface area contributed by atoms with Gasteiger partial charge in [0.15, 0.2) is 12.2 Å². The number of hydrogen-bond acceptors (Lipinski definition) is 6. The van der Waals surface area contributed by atoms with Crippen LogP contribution < -0.4 is 5.14 Å². The smallest absolute Gasteiger partial charge is 0.273 e. The second-order valence-corrected chi connectivity index (χ2v) is 5.67. The third-order valence-corrected chi connectivity index (χ3v) is 3.57. The molecule has 0 aromatic carbocycles. The molecule has 1 aliphatic rings. The number of aromatic nitrogens is 4. The summed E-state index contributed by atoms with van der Waals surface area (Å²) in [6.07, 6.45) is 3.04. The number of nitrogens with zero attached hydrogens (tertiary/aromatic N) is 4. The van der Waals surface area contributed by atoms with E-state index in [2.05, 4.69) is 15.2 Å². The Morgan fingerprint density at radius 3 is 2.67 bits per heavy atom. The lowest BCUT2D eigenvalue weighted by molar-refractivity contribution is 0.548. The fourth-order valence-corrected chi connectivity index (χ4v) is 2.47. The van der Waals surface area contributed by atoms with Gasteiger partial charge in [-0.15, -0.1) is 10.2 Å². The van der Waals surface area contributed by atoms with Gasteiger partial charge in [0, 0.05) is 6.04 Å². The number of nitrogens with two attached hydrogens (primary N) is 1. The normalized spacial score (nSPS) is 16.1. The van der Waals surface area contributed by atoms with Crippen molar-refractivity contribution in [2.45, 2.75) is 31.0 Å². The molecule has 1 aliphatic carbocycles. The van der Waals surface area contributed by atoms with Crippen LogP contribution in [0.25, 0.3) is 11.6 Å². The maximum absolute atomic E-state index is 11.5. The molecule has 1 fully saturated rings. The molecule has 8 nitrogen and oxygen atoms in total. The first-order valence-corrected chi connectivity index (χ1v) is 6.91. The number of rotatable bonds is 3. The fourth-order valence-electron chi connectivity index (χ4n) is 1.80. The summed E-state index contributed by atoms with van der Waals surface area (Å²) in [6.45, 7) is 1.75. The van der Waals surface area contributed by atoms with Crippen molar-refractivity contribution in [3.8, 4) is 11.6 Å². The molecule has 2 aromatic heterocycles. The summed E-state index contributed by atoms with van der Waals surface area (Å²) >= 11 is 0. The van der Waals surface area contributed by atoms with Crippen molar-refractivity contribution >= 4 is 10.0 Å². The van der Waals surface area contributed by atoms with Gasteiger partial charge in [0.2, 0.25) is 5.82 Å². The third-order valence-electron chi connectivity index (χ3n) is 2.78. The van der Waals surface area contributed by atoms with Gasteiger partial charge in [0.25, 0.3) is 15.2 Å². The van der Waals surface area contributed by atoms with Gasteiger partial charge in [-0.3, -0.25) is 4.57 Å². The highest BCUT2D eigenvalue weighted by molar-refractivity contribution is 7.89. The molecular weight excluding hydrogens is 258 g/mol. The zero-order valence-electron chi connectivity index (χ0n) is 9.57. The van der Waals surface area contributed by atoms with Crippen LogP contribution in [0.2, 0.25) is 0 Å². The molecule has 96 valence electrons. The summed E-state index contributed by atoms with van der Waals surface area (Å²) in [5.74, 6) is 0.779. The van der Waals surface area contributed by atoms with Crippen molar-refractivity contribution in [1.82, 2.24) is 19.7 Å². The molecule has 18 heavy (non-hydrogen) atoms. The van der Waals surface area contributed by atoms with Crippen molar-refractivity contribution in [1.29, 1.82) is 0 Å². The summed E-state index contributed by atoms with van der Waals surface area (Å²) in [4.78, 5) is 3.96. The summed E-state index contributed by atoms with van der Waals surface area (Å²) in [7, 11) is -3.89. The highest BCUT2D eigenvalue weighted by atomic mass is 32.2. The highest BCUT2D eigenvalue weighted by Crippen LogP contribution is 2.40. The summed E-state index contributed by atoms with van der Waals surface area (Å²) in [5, 5.41) is 12.4.